The molecule has 1 saturated heterocycles. The molecule has 0 spiro atoms. The third kappa shape index (κ3) is 1.71. The molecule has 3 nitrogen and oxygen atoms in total. The second kappa shape index (κ2) is 3.66. The van der Waals surface area contributed by atoms with E-state index in [0.717, 1.165) is 5.92 Å². The molecule has 5 aliphatic rings. The number of ketones is 1. The normalized spacial score (nSPS) is 50.9. The van der Waals surface area contributed by atoms with Crippen LogP contribution < -0.4 is 0 Å². The molecular weight excluding hydrogens is 250 g/mol. The van der Waals surface area contributed by atoms with Crippen molar-refractivity contribution in [3.8, 4) is 0 Å². The van der Waals surface area contributed by atoms with Crippen LogP contribution in [0, 0.1) is 16.7 Å². The zero-order valence-electron chi connectivity index (χ0n) is 12.7. The van der Waals surface area contributed by atoms with Crippen molar-refractivity contribution >= 4 is 11.7 Å². The molecule has 0 aromatic rings. The number of hydrogen-bond donors (Lipinski definition) is 0. The molecule has 2 unspecified atom stereocenters. The smallest absolute Gasteiger partial charge is 0.230 e. The van der Waals surface area contributed by atoms with Gasteiger partial charge in [0.2, 0.25) is 5.91 Å². The van der Waals surface area contributed by atoms with Crippen molar-refractivity contribution in [2.75, 3.05) is 6.54 Å². The van der Waals surface area contributed by atoms with E-state index in [-0.39, 0.29) is 23.7 Å². The van der Waals surface area contributed by atoms with Crippen LogP contribution in [0.1, 0.15) is 65.2 Å². The maximum Gasteiger partial charge on any atom is 0.230 e. The van der Waals surface area contributed by atoms with Crippen LogP contribution in [0.4, 0.5) is 0 Å². The third-order valence-corrected chi connectivity index (χ3v) is 6.43. The maximum absolute atomic E-state index is 12.4. The number of amides is 1. The molecule has 0 aromatic carbocycles. The van der Waals surface area contributed by atoms with E-state index in [9.17, 15) is 9.59 Å². The Morgan fingerprint density at radius 1 is 1.00 bits per heavy atom. The highest BCUT2D eigenvalue weighted by Crippen LogP contribution is 2.67. The largest absolute Gasteiger partial charge is 0.336 e. The summed E-state index contributed by atoms with van der Waals surface area (Å²) in [6, 6.07) is 0. The summed E-state index contributed by atoms with van der Waals surface area (Å²) in [7, 11) is 0. The Labute approximate surface area is 121 Å². The lowest BCUT2D eigenvalue weighted by atomic mass is 9.42. The average molecular weight is 275 g/mol. The van der Waals surface area contributed by atoms with Crippen LogP contribution in [0.2, 0.25) is 0 Å². The number of piperidine rings is 1. The van der Waals surface area contributed by atoms with Crippen molar-refractivity contribution in [1.82, 2.24) is 4.90 Å². The Balaban J connectivity index is 1.70. The molecule has 0 aromatic heterocycles. The fourth-order valence-corrected chi connectivity index (χ4v) is 6.90. The van der Waals surface area contributed by atoms with Gasteiger partial charge >= 0.3 is 0 Å². The van der Waals surface area contributed by atoms with E-state index in [2.05, 4.69) is 18.7 Å². The zero-order chi connectivity index (χ0) is 14.2. The molecule has 20 heavy (non-hydrogen) atoms. The monoisotopic (exact) mass is 275 g/mol. The molecule has 2 atom stereocenters. The first-order valence-corrected chi connectivity index (χ1v) is 8.14. The molecule has 5 fully saturated rings. The minimum Gasteiger partial charge on any atom is -0.336 e. The molecule has 1 heterocycles. The molecule has 0 N–H and O–H groups in total. The van der Waals surface area contributed by atoms with E-state index < -0.39 is 0 Å². The van der Waals surface area contributed by atoms with Crippen molar-refractivity contribution in [2.24, 2.45) is 16.7 Å². The summed E-state index contributed by atoms with van der Waals surface area (Å²) in [5.41, 5.74) is 0.937. The highest BCUT2D eigenvalue weighted by Gasteiger charge is 2.62. The molecule has 1 amide bonds. The summed E-state index contributed by atoms with van der Waals surface area (Å²) in [6.45, 7) is 5.55. The summed E-state index contributed by atoms with van der Waals surface area (Å²) in [5.74, 6) is 1.04. The van der Waals surface area contributed by atoms with Crippen LogP contribution in [0.15, 0.2) is 0 Å². The fraction of sp³-hybridized carbons (Fsp3) is 0.882. The van der Waals surface area contributed by atoms with Crippen molar-refractivity contribution in [2.45, 2.75) is 70.8 Å². The first-order chi connectivity index (χ1) is 9.32. The number of carbonyl (C=O) groups is 2. The second-order valence-corrected chi connectivity index (χ2v) is 8.87. The second-order valence-electron chi connectivity index (χ2n) is 8.87. The first-order valence-electron chi connectivity index (χ1n) is 8.14. The van der Waals surface area contributed by atoms with Gasteiger partial charge in [-0.05, 0) is 55.3 Å². The minimum atomic E-state index is 0.0840. The molecule has 4 saturated carbocycles. The quantitative estimate of drug-likeness (QED) is 0.690. The summed E-state index contributed by atoms with van der Waals surface area (Å²) in [4.78, 5) is 26.1. The summed E-state index contributed by atoms with van der Waals surface area (Å²) in [5, 5.41) is 0. The van der Waals surface area contributed by atoms with Crippen LogP contribution in [0.5, 0.6) is 0 Å². The van der Waals surface area contributed by atoms with Crippen molar-refractivity contribution in [1.29, 1.82) is 0 Å². The topological polar surface area (TPSA) is 37.4 Å². The van der Waals surface area contributed by atoms with E-state index in [1.807, 2.05) is 0 Å². The molecule has 1 aliphatic heterocycles. The minimum absolute atomic E-state index is 0.0840. The van der Waals surface area contributed by atoms with Crippen LogP contribution in [0.3, 0.4) is 0 Å². The molecule has 4 bridgehead atoms. The van der Waals surface area contributed by atoms with Gasteiger partial charge in [-0.1, -0.05) is 13.8 Å². The number of rotatable bonds is 1. The van der Waals surface area contributed by atoms with Gasteiger partial charge in [0.25, 0.3) is 0 Å². The Bertz CT molecular complexity index is 479. The molecule has 4 aliphatic carbocycles. The lowest BCUT2D eigenvalue weighted by Gasteiger charge is -2.68. The highest BCUT2D eigenvalue weighted by atomic mass is 16.2. The highest BCUT2D eigenvalue weighted by molar-refractivity contribution is 6.00. The van der Waals surface area contributed by atoms with Crippen LogP contribution in [-0.4, -0.2) is 28.7 Å². The SMILES string of the molecule is CC12CC3CC(C)(C1)CC(N1CCC(=O)CC1=O)(C3)C2. The molecule has 0 radical (unpaired) electrons. The van der Waals surface area contributed by atoms with Crippen LogP contribution >= 0.6 is 0 Å². The van der Waals surface area contributed by atoms with Gasteiger partial charge in [0.15, 0.2) is 0 Å². The van der Waals surface area contributed by atoms with Gasteiger partial charge < -0.3 is 4.90 Å². The van der Waals surface area contributed by atoms with Crippen LogP contribution in [-0.2, 0) is 9.59 Å². The number of nitrogens with zero attached hydrogens (tertiary/aromatic N) is 1. The lowest BCUT2D eigenvalue weighted by molar-refractivity contribution is -0.178. The van der Waals surface area contributed by atoms with E-state index in [0.29, 0.717) is 23.8 Å². The summed E-state index contributed by atoms with van der Waals surface area (Å²) in [6.07, 6.45) is 8.30. The standard InChI is InChI=1S/C17H25NO2/c1-15-6-12-7-16(2,9-15)11-17(8-12,10-15)18-4-3-13(19)5-14(18)20/h12H,3-11H2,1-2H3. The van der Waals surface area contributed by atoms with E-state index in [1.54, 1.807) is 0 Å². The third-order valence-electron chi connectivity index (χ3n) is 6.43. The molecule has 5 rings (SSSR count). The lowest BCUT2D eigenvalue weighted by Crippen LogP contribution is -2.67. The molecule has 110 valence electrons. The Hall–Kier alpha value is -0.860. The first kappa shape index (κ1) is 12.8. The van der Waals surface area contributed by atoms with Gasteiger partial charge in [0.05, 0.1) is 6.42 Å². The van der Waals surface area contributed by atoms with E-state index in [4.69, 9.17) is 0 Å². The average Bonchev–Trinajstić information content (AvgIpc) is 2.22. The Kier molecular flexibility index (Phi) is 2.35. The molecule has 3 heteroatoms. The van der Waals surface area contributed by atoms with E-state index in [1.165, 1.54) is 38.5 Å². The van der Waals surface area contributed by atoms with Crippen molar-refractivity contribution in [3.05, 3.63) is 0 Å². The number of Topliss-reactive ketones (excluding diaryl/α,β-unsaturated/α-hetero) is 1. The summed E-state index contributed by atoms with van der Waals surface area (Å²) < 4.78 is 0. The van der Waals surface area contributed by atoms with Crippen molar-refractivity contribution in [3.63, 3.8) is 0 Å². The van der Waals surface area contributed by atoms with Gasteiger partial charge in [-0.2, -0.15) is 0 Å². The van der Waals surface area contributed by atoms with Gasteiger partial charge in [0.1, 0.15) is 5.78 Å². The Morgan fingerprint density at radius 2 is 1.65 bits per heavy atom. The summed E-state index contributed by atoms with van der Waals surface area (Å²) >= 11 is 0. The maximum atomic E-state index is 12.4. The van der Waals surface area contributed by atoms with Crippen LogP contribution in [0.25, 0.3) is 0 Å². The van der Waals surface area contributed by atoms with Gasteiger partial charge in [0, 0.05) is 18.5 Å². The van der Waals surface area contributed by atoms with Gasteiger partial charge in [-0.15, -0.1) is 0 Å². The van der Waals surface area contributed by atoms with Crippen molar-refractivity contribution < 1.29 is 9.59 Å². The Morgan fingerprint density at radius 3 is 2.20 bits per heavy atom. The number of carbonyl (C=O) groups excluding carboxylic acids is 2. The van der Waals surface area contributed by atoms with Gasteiger partial charge in [-0.25, -0.2) is 0 Å². The number of hydrogen-bond acceptors (Lipinski definition) is 2. The fourth-order valence-electron chi connectivity index (χ4n) is 6.90. The predicted molar refractivity (Wildman–Crippen MR) is 76.1 cm³/mol. The zero-order valence-corrected chi connectivity index (χ0v) is 12.7. The number of likely N-dealkylation sites (tertiary alicyclic amines) is 1. The molecular formula is C17H25NO2. The van der Waals surface area contributed by atoms with Gasteiger partial charge in [-0.3, -0.25) is 9.59 Å². The van der Waals surface area contributed by atoms with E-state index >= 15 is 0 Å². The predicted octanol–water partition coefficient (Wildman–Crippen LogP) is 2.93.